The average Bonchev–Trinajstić information content (AvgIpc) is 3.88. The van der Waals surface area contributed by atoms with Gasteiger partial charge < -0.3 is 13.6 Å². The average molecular weight is 678 g/mol. The lowest BCUT2D eigenvalue weighted by Gasteiger charge is -2.14. The van der Waals surface area contributed by atoms with Crippen LogP contribution in [0.4, 0.5) is 0 Å². The zero-order valence-electron chi connectivity index (χ0n) is 28.7. The molecule has 10 aromatic rings. The highest BCUT2D eigenvalue weighted by Crippen LogP contribution is 2.40. The Hall–Kier alpha value is -7.09. The summed E-state index contributed by atoms with van der Waals surface area (Å²) in [4.78, 5) is 0. The lowest BCUT2D eigenvalue weighted by molar-refractivity contribution is 0.670. The third kappa shape index (κ3) is 4.48. The normalized spacial score (nSPS) is 14.5. The minimum absolute atomic E-state index is 0.0670. The molecular formula is C49H31N3O. The van der Waals surface area contributed by atoms with Gasteiger partial charge in [-0.3, -0.25) is 0 Å². The van der Waals surface area contributed by atoms with Crippen LogP contribution in [-0.2, 0) is 0 Å². The van der Waals surface area contributed by atoms with Crippen LogP contribution in [0.25, 0.3) is 99.2 Å². The summed E-state index contributed by atoms with van der Waals surface area (Å²) in [6, 6.07) is 56.9. The molecule has 1 unspecified atom stereocenters. The van der Waals surface area contributed by atoms with Gasteiger partial charge in [0.15, 0.2) is 0 Å². The minimum atomic E-state index is -0.0670. The van der Waals surface area contributed by atoms with Gasteiger partial charge in [-0.15, -0.1) is 0 Å². The molecule has 1 aliphatic rings. The van der Waals surface area contributed by atoms with E-state index in [9.17, 15) is 5.26 Å². The highest BCUT2D eigenvalue weighted by molar-refractivity contribution is 6.14. The predicted octanol–water partition coefficient (Wildman–Crippen LogP) is 13.1. The molecule has 0 saturated heterocycles. The molecule has 0 amide bonds. The number of nitrogens with zero attached hydrogens (tertiary/aromatic N) is 3. The second kappa shape index (κ2) is 11.5. The number of para-hydroxylation sites is 4. The third-order valence-electron chi connectivity index (χ3n) is 11.0. The molecule has 0 fully saturated rings. The molecule has 248 valence electrons. The van der Waals surface area contributed by atoms with Crippen molar-refractivity contribution < 1.29 is 4.42 Å². The van der Waals surface area contributed by atoms with E-state index in [-0.39, 0.29) is 5.92 Å². The van der Waals surface area contributed by atoms with Crippen LogP contribution in [0, 0.1) is 17.2 Å². The van der Waals surface area contributed by atoms with Crippen molar-refractivity contribution in [2.75, 3.05) is 0 Å². The van der Waals surface area contributed by atoms with E-state index in [4.69, 9.17) is 4.42 Å². The predicted molar refractivity (Wildman–Crippen MR) is 219 cm³/mol. The van der Waals surface area contributed by atoms with E-state index in [1.54, 1.807) is 0 Å². The first kappa shape index (κ1) is 29.6. The maximum Gasteiger partial charge on any atom is 0.143 e. The maximum atomic E-state index is 9.43. The monoisotopic (exact) mass is 677 g/mol. The summed E-state index contributed by atoms with van der Waals surface area (Å²) in [5.41, 5.74) is 13.3. The molecule has 0 radical (unpaired) electrons. The summed E-state index contributed by atoms with van der Waals surface area (Å²) in [7, 11) is 0. The van der Waals surface area contributed by atoms with Gasteiger partial charge in [0.1, 0.15) is 11.2 Å². The molecule has 3 aromatic heterocycles. The van der Waals surface area contributed by atoms with Crippen molar-refractivity contribution in [3.8, 4) is 34.0 Å². The Morgan fingerprint density at radius 3 is 1.79 bits per heavy atom. The molecule has 1 atom stereocenters. The third-order valence-corrected chi connectivity index (χ3v) is 11.0. The number of aromatic nitrogens is 2. The molecule has 0 N–H and O–H groups in total. The molecule has 1 aliphatic carbocycles. The van der Waals surface area contributed by atoms with Crippen LogP contribution >= 0.6 is 0 Å². The Labute approximate surface area is 305 Å². The summed E-state index contributed by atoms with van der Waals surface area (Å²) >= 11 is 0. The fourth-order valence-electron chi connectivity index (χ4n) is 8.50. The van der Waals surface area contributed by atoms with E-state index in [1.165, 1.54) is 54.7 Å². The number of fused-ring (bicyclic) bond motifs is 9. The number of hydrogen-bond acceptors (Lipinski definition) is 2. The molecule has 0 saturated carbocycles. The lowest BCUT2D eigenvalue weighted by Crippen LogP contribution is -2.01. The van der Waals surface area contributed by atoms with Gasteiger partial charge in [-0.25, -0.2) is 0 Å². The van der Waals surface area contributed by atoms with Crippen LogP contribution < -0.4 is 0 Å². The summed E-state index contributed by atoms with van der Waals surface area (Å²) in [5.74, 6) is -0.0670. The van der Waals surface area contributed by atoms with Crippen molar-refractivity contribution in [2.24, 2.45) is 5.92 Å². The zero-order valence-corrected chi connectivity index (χ0v) is 28.7. The van der Waals surface area contributed by atoms with E-state index >= 15 is 0 Å². The van der Waals surface area contributed by atoms with Crippen LogP contribution in [0.5, 0.6) is 0 Å². The quantitative estimate of drug-likeness (QED) is 0.186. The van der Waals surface area contributed by atoms with Gasteiger partial charge in [0, 0.05) is 49.3 Å². The first-order chi connectivity index (χ1) is 26.2. The topological polar surface area (TPSA) is 46.8 Å². The van der Waals surface area contributed by atoms with Crippen LogP contribution in [0.1, 0.15) is 6.42 Å². The number of hydrogen-bond donors (Lipinski definition) is 0. The molecule has 53 heavy (non-hydrogen) atoms. The Kier molecular flexibility index (Phi) is 6.41. The van der Waals surface area contributed by atoms with E-state index < -0.39 is 0 Å². The molecule has 11 rings (SSSR count). The number of benzene rings is 7. The fourth-order valence-corrected chi connectivity index (χ4v) is 8.50. The number of allylic oxidation sites excluding steroid dienone is 4. The first-order valence-corrected chi connectivity index (χ1v) is 18.1. The van der Waals surface area contributed by atoms with Gasteiger partial charge >= 0.3 is 0 Å². The molecule has 4 nitrogen and oxygen atoms in total. The lowest BCUT2D eigenvalue weighted by atomic mass is 10.00. The van der Waals surface area contributed by atoms with Gasteiger partial charge in [0.25, 0.3) is 0 Å². The molecule has 7 aromatic carbocycles. The Morgan fingerprint density at radius 1 is 0.528 bits per heavy atom. The van der Waals surface area contributed by atoms with E-state index in [0.717, 1.165) is 50.9 Å². The molecule has 4 heteroatoms. The summed E-state index contributed by atoms with van der Waals surface area (Å²) in [5, 5.41) is 16.6. The second-order valence-electron chi connectivity index (χ2n) is 14.0. The Morgan fingerprint density at radius 2 is 1.11 bits per heavy atom. The smallest absolute Gasteiger partial charge is 0.143 e. The van der Waals surface area contributed by atoms with Crippen molar-refractivity contribution in [1.29, 1.82) is 5.26 Å². The van der Waals surface area contributed by atoms with E-state index in [2.05, 4.69) is 167 Å². The molecule has 0 spiro atoms. The number of furan rings is 1. The summed E-state index contributed by atoms with van der Waals surface area (Å²) in [6.45, 7) is 0. The molecule has 3 heterocycles. The second-order valence-corrected chi connectivity index (χ2v) is 14.0. The highest BCUT2D eigenvalue weighted by atomic mass is 16.3. The van der Waals surface area contributed by atoms with Crippen LogP contribution in [0.15, 0.2) is 174 Å². The molecule has 0 aliphatic heterocycles. The maximum absolute atomic E-state index is 9.43. The Bertz CT molecular complexity index is 3210. The highest BCUT2D eigenvalue weighted by Gasteiger charge is 2.18. The van der Waals surface area contributed by atoms with Gasteiger partial charge in [-0.2, -0.15) is 5.26 Å². The van der Waals surface area contributed by atoms with E-state index in [1.807, 2.05) is 18.2 Å². The number of rotatable bonds is 4. The molecular weight excluding hydrogens is 647 g/mol. The standard InChI is InChI=1S/C49H31N3O/c50-30-31-16-22-35(23-17-31)51-44-13-4-1-8-38(44)42-28-33(20-26-46(42)51)34-21-27-47-43(29-34)39-9-2-5-14-45(39)52(47)36-24-18-32(19-25-36)37-11-7-12-41-40-10-3-6-15-48(40)53-49(37)41/h1-16,18-29,31H,17H2. The van der Waals surface area contributed by atoms with Crippen molar-refractivity contribution in [3.05, 3.63) is 170 Å². The van der Waals surface area contributed by atoms with Crippen molar-refractivity contribution in [3.63, 3.8) is 0 Å². The van der Waals surface area contributed by atoms with Gasteiger partial charge in [-0.05, 0) is 83.8 Å². The SMILES string of the molecule is N#CC1C=CC(n2c3ccccc3c3cc(-c4ccc5c(c4)c4ccccc4n5-c4ccc(-c5cccc6c5oc5ccccc56)cc4)ccc32)=CC1. The van der Waals surface area contributed by atoms with Crippen molar-refractivity contribution >= 4 is 71.2 Å². The Balaban J connectivity index is 1.02. The van der Waals surface area contributed by atoms with Gasteiger partial charge in [0.2, 0.25) is 0 Å². The van der Waals surface area contributed by atoms with Gasteiger partial charge in [0.05, 0.1) is 34.1 Å². The minimum Gasteiger partial charge on any atom is -0.455 e. The van der Waals surface area contributed by atoms with Crippen molar-refractivity contribution in [1.82, 2.24) is 9.13 Å². The first-order valence-electron chi connectivity index (χ1n) is 18.1. The fraction of sp³-hybridized carbons (Fsp3) is 0.0408. The summed E-state index contributed by atoms with van der Waals surface area (Å²) in [6.07, 6.45) is 7.03. The molecule has 0 bridgehead atoms. The number of nitriles is 1. The van der Waals surface area contributed by atoms with Crippen molar-refractivity contribution in [2.45, 2.75) is 6.42 Å². The largest absolute Gasteiger partial charge is 0.455 e. The van der Waals surface area contributed by atoms with Crippen LogP contribution in [-0.4, -0.2) is 9.13 Å². The zero-order chi connectivity index (χ0) is 35.0. The van der Waals surface area contributed by atoms with E-state index in [0.29, 0.717) is 0 Å². The van der Waals surface area contributed by atoms with Gasteiger partial charge in [-0.1, -0.05) is 109 Å². The van der Waals surface area contributed by atoms with Crippen LogP contribution in [0.2, 0.25) is 0 Å². The van der Waals surface area contributed by atoms with Crippen LogP contribution in [0.3, 0.4) is 0 Å². The summed E-state index contributed by atoms with van der Waals surface area (Å²) < 4.78 is 11.1.